The minimum Gasteiger partial charge on any atom is -0.378 e. The molecule has 0 amide bonds. The van der Waals surface area contributed by atoms with Crippen LogP contribution in [0.15, 0.2) is 0 Å². The van der Waals surface area contributed by atoms with Crippen molar-refractivity contribution in [2.75, 3.05) is 19.8 Å². The highest BCUT2D eigenvalue weighted by molar-refractivity contribution is 4.98. The molecule has 76 valence electrons. The topological polar surface area (TPSA) is 21.3 Å². The van der Waals surface area contributed by atoms with E-state index >= 15 is 0 Å². The number of hydrogen-bond donors (Lipinski definition) is 1. The van der Waals surface area contributed by atoms with E-state index in [4.69, 9.17) is 4.74 Å². The van der Waals surface area contributed by atoms with Gasteiger partial charge in [0, 0.05) is 12.1 Å². The molecule has 0 aromatic rings. The molecular formula is C11H21NO. The van der Waals surface area contributed by atoms with Gasteiger partial charge in [0.15, 0.2) is 0 Å². The van der Waals surface area contributed by atoms with Gasteiger partial charge in [-0.25, -0.2) is 0 Å². The van der Waals surface area contributed by atoms with Crippen molar-refractivity contribution in [3.63, 3.8) is 0 Å². The predicted molar refractivity (Wildman–Crippen MR) is 53.7 cm³/mol. The lowest BCUT2D eigenvalue weighted by Gasteiger charge is -2.47. The van der Waals surface area contributed by atoms with E-state index in [9.17, 15) is 0 Å². The molecule has 3 atom stereocenters. The van der Waals surface area contributed by atoms with Crippen molar-refractivity contribution in [1.82, 2.24) is 5.32 Å². The van der Waals surface area contributed by atoms with Crippen molar-refractivity contribution < 1.29 is 4.74 Å². The van der Waals surface area contributed by atoms with Crippen LogP contribution in [0.5, 0.6) is 0 Å². The standard InChI is InChI=1S/C11H21NO/c1-9-3-4-11(10(2)7-9)8-13-6-5-12-11/h9-10,12H,3-8H2,1-2H3. The van der Waals surface area contributed by atoms with E-state index < -0.39 is 0 Å². The number of nitrogens with one attached hydrogen (secondary N) is 1. The largest absolute Gasteiger partial charge is 0.378 e. The van der Waals surface area contributed by atoms with Crippen molar-refractivity contribution in [3.8, 4) is 0 Å². The third-order valence-electron chi connectivity index (χ3n) is 3.87. The van der Waals surface area contributed by atoms with Crippen LogP contribution in [-0.4, -0.2) is 25.3 Å². The summed E-state index contributed by atoms with van der Waals surface area (Å²) in [5.74, 6) is 1.68. The highest BCUT2D eigenvalue weighted by Crippen LogP contribution is 2.37. The summed E-state index contributed by atoms with van der Waals surface area (Å²) in [6.45, 7) is 7.61. The smallest absolute Gasteiger partial charge is 0.0651 e. The average Bonchev–Trinajstić information content (AvgIpc) is 2.14. The number of ether oxygens (including phenoxy) is 1. The summed E-state index contributed by atoms with van der Waals surface area (Å²) in [5.41, 5.74) is 0.324. The van der Waals surface area contributed by atoms with Crippen LogP contribution in [0.3, 0.4) is 0 Å². The molecular weight excluding hydrogens is 162 g/mol. The highest BCUT2D eigenvalue weighted by atomic mass is 16.5. The van der Waals surface area contributed by atoms with Crippen LogP contribution in [0.2, 0.25) is 0 Å². The first-order valence-electron chi connectivity index (χ1n) is 5.56. The van der Waals surface area contributed by atoms with E-state index in [2.05, 4.69) is 19.2 Å². The van der Waals surface area contributed by atoms with E-state index in [1.54, 1.807) is 0 Å². The Morgan fingerprint density at radius 3 is 2.85 bits per heavy atom. The van der Waals surface area contributed by atoms with Crippen molar-refractivity contribution >= 4 is 0 Å². The van der Waals surface area contributed by atoms with Gasteiger partial charge in [-0.2, -0.15) is 0 Å². The third-order valence-corrected chi connectivity index (χ3v) is 3.87. The zero-order valence-electron chi connectivity index (χ0n) is 8.81. The Morgan fingerprint density at radius 1 is 1.38 bits per heavy atom. The SMILES string of the molecule is CC1CCC2(COCCN2)C(C)C1. The van der Waals surface area contributed by atoms with Crippen molar-refractivity contribution in [2.24, 2.45) is 11.8 Å². The van der Waals surface area contributed by atoms with E-state index in [1.807, 2.05) is 0 Å². The Bertz CT molecular complexity index is 175. The van der Waals surface area contributed by atoms with Gasteiger partial charge in [0.1, 0.15) is 0 Å². The van der Waals surface area contributed by atoms with E-state index in [0.717, 1.165) is 31.6 Å². The molecule has 1 saturated carbocycles. The fourth-order valence-electron chi connectivity index (χ4n) is 2.85. The maximum absolute atomic E-state index is 5.61. The van der Waals surface area contributed by atoms with Crippen LogP contribution in [0.1, 0.15) is 33.1 Å². The van der Waals surface area contributed by atoms with Gasteiger partial charge >= 0.3 is 0 Å². The van der Waals surface area contributed by atoms with E-state index in [0.29, 0.717) is 5.54 Å². The Hall–Kier alpha value is -0.0800. The second-order valence-corrected chi connectivity index (χ2v) is 4.92. The molecule has 2 aliphatic rings. The quantitative estimate of drug-likeness (QED) is 0.618. The second kappa shape index (κ2) is 3.58. The maximum Gasteiger partial charge on any atom is 0.0651 e. The summed E-state index contributed by atoms with van der Waals surface area (Å²) in [4.78, 5) is 0. The first-order valence-corrected chi connectivity index (χ1v) is 5.56. The van der Waals surface area contributed by atoms with Crippen LogP contribution >= 0.6 is 0 Å². The summed E-state index contributed by atoms with van der Waals surface area (Å²) in [5, 5.41) is 3.68. The maximum atomic E-state index is 5.61. The summed E-state index contributed by atoms with van der Waals surface area (Å²) in [7, 11) is 0. The van der Waals surface area contributed by atoms with Gasteiger partial charge in [0.25, 0.3) is 0 Å². The molecule has 2 nitrogen and oxygen atoms in total. The Kier molecular flexibility index (Phi) is 2.61. The van der Waals surface area contributed by atoms with Gasteiger partial charge in [-0.1, -0.05) is 13.8 Å². The molecule has 0 radical (unpaired) electrons. The van der Waals surface area contributed by atoms with Gasteiger partial charge in [-0.15, -0.1) is 0 Å². The molecule has 0 aromatic heterocycles. The molecule has 3 unspecified atom stereocenters. The molecule has 1 aliphatic carbocycles. The molecule has 0 aromatic carbocycles. The zero-order valence-corrected chi connectivity index (χ0v) is 8.81. The van der Waals surface area contributed by atoms with Crippen molar-refractivity contribution in [2.45, 2.75) is 38.6 Å². The number of hydrogen-bond acceptors (Lipinski definition) is 2. The van der Waals surface area contributed by atoms with Crippen LogP contribution < -0.4 is 5.32 Å². The molecule has 1 N–H and O–H groups in total. The molecule has 1 aliphatic heterocycles. The fraction of sp³-hybridized carbons (Fsp3) is 1.00. The highest BCUT2D eigenvalue weighted by Gasteiger charge is 2.41. The van der Waals surface area contributed by atoms with E-state index in [1.165, 1.54) is 19.3 Å². The van der Waals surface area contributed by atoms with Crippen LogP contribution in [0.4, 0.5) is 0 Å². The molecule has 1 saturated heterocycles. The zero-order chi connectivity index (χ0) is 9.31. The Labute approximate surface area is 81.0 Å². The summed E-state index contributed by atoms with van der Waals surface area (Å²) in [6, 6.07) is 0. The number of rotatable bonds is 0. The van der Waals surface area contributed by atoms with Crippen molar-refractivity contribution in [1.29, 1.82) is 0 Å². The minimum atomic E-state index is 0.324. The lowest BCUT2D eigenvalue weighted by Crippen LogP contribution is -2.60. The van der Waals surface area contributed by atoms with Gasteiger partial charge < -0.3 is 10.1 Å². The molecule has 2 rings (SSSR count). The summed E-state index contributed by atoms with van der Waals surface area (Å²) >= 11 is 0. The lowest BCUT2D eigenvalue weighted by atomic mass is 9.70. The molecule has 1 spiro atoms. The monoisotopic (exact) mass is 183 g/mol. The van der Waals surface area contributed by atoms with Crippen LogP contribution in [-0.2, 0) is 4.74 Å². The summed E-state index contributed by atoms with van der Waals surface area (Å²) in [6.07, 6.45) is 4.02. The Morgan fingerprint density at radius 2 is 2.23 bits per heavy atom. The predicted octanol–water partition coefficient (Wildman–Crippen LogP) is 1.80. The first kappa shape index (κ1) is 9.47. The van der Waals surface area contributed by atoms with Gasteiger partial charge in [0.05, 0.1) is 13.2 Å². The second-order valence-electron chi connectivity index (χ2n) is 4.92. The molecule has 2 heteroatoms. The molecule has 1 heterocycles. The Balaban J connectivity index is 2.03. The molecule has 2 fully saturated rings. The van der Waals surface area contributed by atoms with Crippen LogP contribution in [0, 0.1) is 11.8 Å². The van der Waals surface area contributed by atoms with Gasteiger partial charge in [-0.05, 0) is 31.1 Å². The van der Waals surface area contributed by atoms with Crippen molar-refractivity contribution in [3.05, 3.63) is 0 Å². The number of morpholine rings is 1. The van der Waals surface area contributed by atoms with E-state index in [-0.39, 0.29) is 0 Å². The molecule has 13 heavy (non-hydrogen) atoms. The van der Waals surface area contributed by atoms with Gasteiger partial charge in [-0.3, -0.25) is 0 Å². The lowest BCUT2D eigenvalue weighted by molar-refractivity contribution is -0.0241. The third kappa shape index (κ3) is 1.75. The average molecular weight is 183 g/mol. The first-order chi connectivity index (χ1) is 6.23. The summed E-state index contributed by atoms with van der Waals surface area (Å²) < 4.78 is 5.61. The minimum absolute atomic E-state index is 0.324. The molecule has 0 bridgehead atoms. The van der Waals surface area contributed by atoms with Crippen LogP contribution in [0.25, 0.3) is 0 Å². The normalized spacial score (nSPS) is 46.6. The fourth-order valence-corrected chi connectivity index (χ4v) is 2.85. The van der Waals surface area contributed by atoms with Gasteiger partial charge in [0.2, 0.25) is 0 Å².